The highest BCUT2D eigenvalue weighted by Crippen LogP contribution is 2.29. The van der Waals surface area contributed by atoms with Crippen LogP contribution in [0.1, 0.15) is 37.9 Å². The number of nitriles is 1. The Bertz CT molecular complexity index is 493. The molecule has 2 unspecified atom stereocenters. The van der Waals surface area contributed by atoms with Gasteiger partial charge in [0.15, 0.2) is 0 Å². The Hall–Kier alpha value is -1.60. The smallest absolute Gasteiger partial charge is 0.126 e. The fourth-order valence-corrected chi connectivity index (χ4v) is 2.33. The molecule has 0 spiro atoms. The summed E-state index contributed by atoms with van der Waals surface area (Å²) in [7, 11) is 1.95. The van der Waals surface area contributed by atoms with E-state index in [4.69, 9.17) is 5.26 Å². The standard InChI is InChI=1S/C16H24FN3/c1-6-19-13(4)14-8-15(17)12(3)7-16(14)20(5)10-11(2)9-18/h7-8,11,13,19H,6,10H2,1-5H3. The maximum Gasteiger partial charge on any atom is 0.126 e. The lowest BCUT2D eigenvalue weighted by molar-refractivity contribution is 0.577. The topological polar surface area (TPSA) is 39.1 Å². The molecule has 0 amide bonds. The van der Waals surface area contributed by atoms with Crippen molar-refractivity contribution in [3.63, 3.8) is 0 Å². The zero-order valence-electron chi connectivity index (χ0n) is 13.0. The summed E-state index contributed by atoms with van der Waals surface area (Å²) in [6.07, 6.45) is 0. The van der Waals surface area contributed by atoms with Crippen LogP contribution < -0.4 is 10.2 Å². The predicted octanol–water partition coefficient (Wildman–Crippen LogP) is 3.40. The van der Waals surface area contributed by atoms with Gasteiger partial charge in [0.2, 0.25) is 0 Å². The number of halogens is 1. The largest absolute Gasteiger partial charge is 0.373 e. The molecule has 3 nitrogen and oxygen atoms in total. The van der Waals surface area contributed by atoms with Crippen molar-refractivity contribution in [1.29, 1.82) is 5.26 Å². The summed E-state index contributed by atoms with van der Waals surface area (Å²) in [4.78, 5) is 2.03. The Morgan fingerprint density at radius 1 is 1.40 bits per heavy atom. The van der Waals surface area contributed by atoms with E-state index in [-0.39, 0.29) is 17.8 Å². The Morgan fingerprint density at radius 2 is 2.05 bits per heavy atom. The number of hydrogen-bond donors (Lipinski definition) is 1. The van der Waals surface area contributed by atoms with E-state index in [1.165, 1.54) is 0 Å². The number of nitrogens with one attached hydrogen (secondary N) is 1. The molecule has 1 N–H and O–H groups in total. The van der Waals surface area contributed by atoms with Gasteiger partial charge in [0.25, 0.3) is 0 Å². The van der Waals surface area contributed by atoms with Gasteiger partial charge in [-0.05, 0) is 50.6 Å². The molecule has 1 aromatic rings. The maximum atomic E-state index is 13.9. The zero-order valence-corrected chi connectivity index (χ0v) is 13.0. The highest BCUT2D eigenvalue weighted by atomic mass is 19.1. The highest BCUT2D eigenvalue weighted by molar-refractivity contribution is 5.56. The van der Waals surface area contributed by atoms with Gasteiger partial charge in [0, 0.05) is 25.3 Å². The van der Waals surface area contributed by atoms with Crippen LogP contribution in [-0.4, -0.2) is 20.1 Å². The van der Waals surface area contributed by atoms with Gasteiger partial charge in [0.05, 0.1) is 12.0 Å². The number of nitrogens with zero attached hydrogens (tertiary/aromatic N) is 2. The van der Waals surface area contributed by atoms with Crippen LogP contribution in [0.5, 0.6) is 0 Å². The van der Waals surface area contributed by atoms with Crippen LogP contribution in [0.3, 0.4) is 0 Å². The van der Waals surface area contributed by atoms with Crippen molar-refractivity contribution in [3.05, 3.63) is 29.1 Å². The monoisotopic (exact) mass is 277 g/mol. The molecule has 1 rings (SSSR count). The molecule has 0 heterocycles. The molecule has 20 heavy (non-hydrogen) atoms. The minimum atomic E-state index is -0.185. The molecular weight excluding hydrogens is 253 g/mol. The molecule has 0 radical (unpaired) electrons. The Morgan fingerprint density at radius 3 is 2.60 bits per heavy atom. The molecule has 110 valence electrons. The van der Waals surface area contributed by atoms with Crippen LogP contribution in [0, 0.1) is 30.0 Å². The van der Waals surface area contributed by atoms with E-state index >= 15 is 0 Å². The Balaban J connectivity index is 3.15. The van der Waals surface area contributed by atoms with E-state index in [0.29, 0.717) is 12.1 Å². The number of hydrogen-bond acceptors (Lipinski definition) is 3. The van der Waals surface area contributed by atoms with E-state index in [0.717, 1.165) is 17.8 Å². The third kappa shape index (κ3) is 3.94. The van der Waals surface area contributed by atoms with Gasteiger partial charge in [-0.3, -0.25) is 0 Å². The number of benzene rings is 1. The molecule has 0 saturated carbocycles. The summed E-state index contributed by atoms with van der Waals surface area (Å²) < 4.78 is 13.9. The van der Waals surface area contributed by atoms with Crippen LogP contribution in [0.25, 0.3) is 0 Å². The molecular formula is C16H24FN3. The summed E-state index contributed by atoms with van der Waals surface area (Å²) in [5.41, 5.74) is 2.55. The van der Waals surface area contributed by atoms with Crippen LogP contribution >= 0.6 is 0 Å². The van der Waals surface area contributed by atoms with E-state index < -0.39 is 0 Å². The first-order valence-electron chi connectivity index (χ1n) is 7.04. The summed E-state index contributed by atoms with van der Waals surface area (Å²) in [5, 5.41) is 12.3. The third-order valence-electron chi connectivity index (χ3n) is 3.46. The lowest BCUT2D eigenvalue weighted by atomic mass is 10.0. The molecule has 2 atom stereocenters. The first kappa shape index (κ1) is 16.5. The van der Waals surface area contributed by atoms with Crippen molar-refractivity contribution < 1.29 is 4.39 Å². The van der Waals surface area contributed by atoms with E-state index in [2.05, 4.69) is 11.4 Å². The van der Waals surface area contributed by atoms with Crippen molar-refractivity contribution in [3.8, 4) is 6.07 Å². The number of anilines is 1. The summed E-state index contributed by atoms with van der Waals surface area (Å²) in [6.45, 7) is 9.17. The molecule has 0 saturated heterocycles. The van der Waals surface area contributed by atoms with Crippen molar-refractivity contribution >= 4 is 5.69 Å². The SMILES string of the molecule is CCNC(C)c1cc(F)c(C)cc1N(C)CC(C)C#N. The second kappa shape index (κ2) is 7.25. The Kier molecular flexibility index (Phi) is 5.97. The van der Waals surface area contributed by atoms with Gasteiger partial charge in [0.1, 0.15) is 5.82 Å². The quantitative estimate of drug-likeness (QED) is 0.866. The van der Waals surface area contributed by atoms with Gasteiger partial charge in [-0.1, -0.05) is 6.92 Å². The zero-order chi connectivity index (χ0) is 15.3. The molecule has 1 aromatic carbocycles. The van der Waals surface area contributed by atoms with Gasteiger partial charge in [-0.2, -0.15) is 5.26 Å². The summed E-state index contributed by atoms with van der Waals surface area (Å²) in [6, 6.07) is 5.77. The van der Waals surface area contributed by atoms with Crippen molar-refractivity contribution in [1.82, 2.24) is 5.32 Å². The minimum Gasteiger partial charge on any atom is -0.373 e. The molecule has 0 aliphatic rings. The van der Waals surface area contributed by atoms with Crippen molar-refractivity contribution in [2.45, 2.75) is 33.7 Å². The highest BCUT2D eigenvalue weighted by Gasteiger charge is 2.17. The van der Waals surface area contributed by atoms with Gasteiger partial charge >= 0.3 is 0 Å². The minimum absolute atomic E-state index is 0.0624. The third-order valence-corrected chi connectivity index (χ3v) is 3.46. The lowest BCUT2D eigenvalue weighted by Gasteiger charge is -2.27. The van der Waals surface area contributed by atoms with Crippen LogP contribution in [0.2, 0.25) is 0 Å². The first-order valence-corrected chi connectivity index (χ1v) is 7.04. The molecule has 0 fully saturated rings. The summed E-state index contributed by atoms with van der Waals surface area (Å²) in [5.74, 6) is -0.247. The Labute approximate surface area is 121 Å². The van der Waals surface area contributed by atoms with Gasteiger partial charge in [-0.15, -0.1) is 0 Å². The maximum absolute atomic E-state index is 13.9. The lowest BCUT2D eigenvalue weighted by Crippen LogP contribution is -2.27. The average Bonchev–Trinajstić information content (AvgIpc) is 2.41. The van der Waals surface area contributed by atoms with Crippen molar-refractivity contribution in [2.24, 2.45) is 5.92 Å². The second-order valence-corrected chi connectivity index (χ2v) is 5.35. The molecule has 0 bridgehead atoms. The fourth-order valence-electron chi connectivity index (χ4n) is 2.33. The molecule has 0 aliphatic heterocycles. The number of aryl methyl sites for hydroxylation is 1. The van der Waals surface area contributed by atoms with E-state index in [9.17, 15) is 4.39 Å². The molecule has 4 heteroatoms. The van der Waals surface area contributed by atoms with Gasteiger partial charge < -0.3 is 10.2 Å². The second-order valence-electron chi connectivity index (χ2n) is 5.35. The fraction of sp³-hybridized carbons (Fsp3) is 0.562. The van der Waals surface area contributed by atoms with Crippen LogP contribution in [0.15, 0.2) is 12.1 Å². The first-order chi connectivity index (χ1) is 9.40. The number of rotatable bonds is 6. The normalized spacial score (nSPS) is 13.7. The van der Waals surface area contributed by atoms with E-state index in [1.54, 1.807) is 13.0 Å². The molecule has 0 aliphatic carbocycles. The van der Waals surface area contributed by atoms with Crippen molar-refractivity contribution in [2.75, 3.05) is 25.0 Å². The van der Waals surface area contributed by atoms with Gasteiger partial charge in [-0.25, -0.2) is 4.39 Å². The van der Waals surface area contributed by atoms with E-state index in [1.807, 2.05) is 38.8 Å². The molecule has 0 aromatic heterocycles. The average molecular weight is 277 g/mol. The van der Waals surface area contributed by atoms with Crippen LogP contribution in [0.4, 0.5) is 10.1 Å². The summed E-state index contributed by atoms with van der Waals surface area (Å²) >= 11 is 0. The predicted molar refractivity (Wildman–Crippen MR) is 81.3 cm³/mol. The van der Waals surface area contributed by atoms with Crippen LogP contribution in [-0.2, 0) is 0 Å².